The molecule has 9 nitrogen and oxygen atoms in total. The van der Waals surface area contributed by atoms with E-state index in [1.807, 2.05) is 56.0 Å². The van der Waals surface area contributed by atoms with Gasteiger partial charge in [-0.2, -0.15) is 0 Å². The van der Waals surface area contributed by atoms with Crippen molar-refractivity contribution in [3.63, 3.8) is 0 Å². The summed E-state index contributed by atoms with van der Waals surface area (Å²) in [6.45, 7) is 5.51. The van der Waals surface area contributed by atoms with Crippen LogP contribution >= 0.6 is 23.8 Å². The smallest absolute Gasteiger partial charge is 0.335 e. The number of ether oxygens (including phenoxy) is 1. The van der Waals surface area contributed by atoms with Crippen molar-refractivity contribution in [3.8, 4) is 17.1 Å². The van der Waals surface area contributed by atoms with Gasteiger partial charge < -0.3 is 29.8 Å². The number of pyridine rings is 1. The summed E-state index contributed by atoms with van der Waals surface area (Å²) in [7, 11) is 1.54. The molecule has 2 aromatic carbocycles. The van der Waals surface area contributed by atoms with Crippen molar-refractivity contribution in [2.45, 2.75) is 32.9 Å². The molecule has 1 fully saturated rings. The van der Waals surface area contributed by atoms with E-state index < -0.39 is 17.4 Å². The fraction of sp³-hybridized carbons (Fsp3) is 0.226. The molecule has 42 heavy (non-hydrogen) atoms. The molecule has 1 amide bonds. The second-order valence-corrected chi connectivity index (χ2v) is 11.6. The topological polar surface area (TPSA) is 117 Å². The van der Waals surface area contributed by atoms with Crippen molar-refractivity contribution in [2.75, 3.05) is 17.3 Å². The number of carbonyl (C=O) groups is 2. The Balaban J connectivity index is 1.58. The van der Waals surface area contributed by atoms with E-state index in [4.69, 9.17) is 33.0 Å². The third-order valence-electron chi connectivity index (χ3n) is 6.89. The number of rotatable bonds is 7. The second-order valence-electron chi connectivity index (χ2n) is 10.8. The molecule has 1 saturated heterocycles. The largest absolute Gasteiger partial charge is 0.494 e. The Kier molecular flexibility index (Phi) is 7.94. The van der Waals surface area contributed by atoms with Crippen LogP contribution in [0.4, 0.5) is 11.4 Å². The van der Waals surface area contributed by atoms with E-state index in [-0.39, 0.29) is 17.5 Å². The van der Waals surface area contributed by atoms with Gasteiger partial charge in [-0.1, -0.05) is 38.4 Å². The van der Waals surface area contributed by atoms with E-state index in [0.29, 0.717) is 44.3 Å². The average molecular weight is 605 g/mol. The van der Waals surface area contributed by atoms with Gasteiger partial charge in [0.2, 0.25) is 5.91 Å². The van der Waals surface area contributed by atoms with Gasteiger partial charge >= 0.3 is 5.97 Å². The van der Waals surface area contributed by atoms with Gasteiger partial charge in [0.25, 0.3) is 0 Å². The highest BCUT2D eigenvalue weighted by Crippen LogP contribution is 2.45. The first kappa shape index (κ1) is 29.1. The second kappa shape index (κ2) is 11.5. The number of hydrogen-bond acceptors (Lipinski definition) is 6. The molecule has 0 radical (unpaired) electrons. The number of hydrogen-bond donors (Lipinski definition) is 3. The number of benzene rings is 2. The molecule has 2 unspecified atom stereocenters. The molecule has 11 heteroatoms. The number of nitrogens with zero attached hydrogens (tertiary/aromatic N) is 2. The highest BCUT2D eigenvalue weighted by molar-refractivity contribution is 7.80. The van der Waals surface area contributed by atoms with Crippen LogP contribution < -0.4 is 20.3 Å². The average Bonchev–Trinajstić information content (AvgIpc) is 3.58. The van der Waals surface area contributed by atoms with Crippen molar-refractivity contribution < 1.29 is 23.8 Å². The Morgan fingerprint density at radius 1 is 1.12 bits per heavy atom. The molecular weight excluding hydrogens is 576 g/mol. The zero-order valence-corrected chi connectivity index (χ0v) is 24.9. The first-order valence-electron chi connectivity index (χ1n) is 13.1. The van der Waals surface area contributed by atoms with Crippen LogP contribution in [0.25, 0.3) is 11.3 Å². The van der Waals surface area contributed by atoms with Crippen molar-refractivity contribution in [1.29, 1.82) is 0 Å². The monoisotopic (exact) mass is 604 g/mol. The minimum Gasteiger partial charge on any atom is -0.494 e. The lowest BCUT2D eigenvalue weighted by molar-refractivity contribution is -0.123. The van der Waals surface area contributed by atoms with Crippen molar-refractivity contribution in [2.24, 2.45) is 5.41 Å². The standard InChI is InChI=1S/C31H29ClN4O5S/c1-31(2,3)29(39)34-21-11-9-18(16-25(21)40-4)36-27(26(35-30(36)42)22-7-5-6-14-33-22)24-13-12-23(41-24)19-15-17(28(37)38)8-10-20(19)32/h5-16,26-27H,1-4H3,(H,34,39)(H,35,42)(H,37,38). The van der Waals surface area contributed by atoms with Gasteiger partial charge in [-0.3, -0.25) is 9.78 Å². The van der Waals surface area contributed by atoms with Crippen molar-refractivity contribution in [1.82, 2.24) is 10.3 Å². The Morgan fingerprint density at radius 3 is 2.57 bits per heavy atom. The molecule has 3 heterocycles. The molecule has 0 spiro atoms. The van der Waals surface area contributed by atoms with Crippen molar-refractivity contribution >= 4 is 52.2 Å². The molecule has 0 bridgehead atoms. The molecule has 1 aliphatic rings. The van der Waals surface area contributed by atoms with Gasteiger partial charge in [-0.05, 0) is 66.8 Å². The SMILES string of the molecule is COc1cc(N2C(=S)NC(c3ccccn3)C2c2ccc(-c3cc(C(=O)O)ccc3Cl)o2)ccc1NC(=O)C(C)(C)C. The minimum atomic E-state index is -1.07. The zero-order valence-electron chi connectivity index (χ0n) is 23.3. The fourth-order valence-electron chi connectivity index (χ4n) is 4.67. The highest BCUT2D eigenvalue weighted by Gasteiger charge is 2.43. The molecular formula is C31H29ClN4O5S. The Hall–Kier alpha value is -4.41. The van der Waals surface area contributed by atoms with Crippen LogP contribution in [0.2, 0.25) is 5.02 Å². The van der Waals surface area contributed by atoms with Crippen LogP contribution in [-0.4, -0.2) is 34.2 Å². The van der Waals surface area contributed by atoms with Crippen LogP contribution in [0.15, 0.2) is 77.3 Å². The summed E-state index contributed by atoms with van der Waals surface area (Å²) < 4.78 is 12.0. The lowest BCUT2D eigenvalue weighted by atomic mass is 9.95. The summed E-state index contributed by atoms with van der Waals surface area (Å²) in [5, 5.41) is 16.6. The maximum Gasteiger partial charge on any atom is 0.335 e. The first-order valence-corrected chi connectivity index (χ1v) is 13.9. The normalized spacial score (nSPS) is 16.7. The molecule has 4 aromatic rings. The van der Waals surface area contributed by atoms with E-state index in [2.05, 4.69) is 15.6 Å². The highest BCUT2D eigenvalue weighted by atomic mass is 35.5. The molecule has 5 rings (SSSR count). The number of nitrogens with one attached hydrogen (secondary N) is 2. The molecule has 0 aliphatic carbocycles. The Labute approximate surface area is 253 Å². The summed E-state index contributed by atoms with van der Waals surface area (Å²) in [4.78, 5) is 30.7. The lowest BCUT2D eigenvalue weighted by Gasteiger charge is -2.27. The third-order valence-corrected chi connectivity index (χ3v) is 7.53. The van der Waals surface area contributed by atoms with E-state index in [9.17, 15) is 14.7 Å². The van der Waals surface area contributed by atoms with Crippen LogP contribution in [0.1, 0.15) is 54.7 Å². The number of thiocarbonyl (C=S) groups is 1. The molecule has 2 aromatic heterocycles. The molecule has 216 valence electrons. The summed E-state index contributed by atoms with van der Waals surface area (Å²) in [6.07, 6.45) is 1.71. The molecule has 1 aliphatic heterocycles. The van der Waals surface area contributed by atoms with Gasteiger partial charge in [-0.25, -0.2) is 4.79 Å². The predicted octanol–water partition coefficient (Wildman–Crippen LogP) is 6.86. The van der Waals surface area contributed by atoms with Gasteiger partial charge in [0.05, 0.1) is 35.1 Å². The lowest BCUT2D eigenvalue weighted by Crippen LogP contribution is -2.30. The molecule has 0 saturated carbocycles. The van der Waals surface area contributed by atoms with Crippen LogP contribution in [0, 0.1) is 5.41 Å². The number of aromatic carboxylic acids is 1. The summed E-state index contributed by atoms with van der Waals surface area (Å²) in [5.74, 6) is 0.212. The molecule has 3 N–H and O–H groups in total. The van der Waals surface area contributed by atoms with Gasteiger partial charge in [0.1, 0.15) is 23.3 Å². The molecule has 2 atom stereocenters. The maximum atomic E-state index is 12.7. The van der Waals surface area contributed by atoms with Gasteiger partial charge in [0, 0.05) is 28.9 Å². The van der Waals surface area contributed by atoms with E-state index in [0.717, 1.165) is 5.69 Å². The van der Waals surface area contributed by atoms with Crippen LogP contribution in [-0.2, 0) is 4.79 Å². The van der Waals surface area contributed by atoms with Gasteiger partial charge in [0.15, 0.2) is 5.11 Å². The number of carbonyl (C=O) groups excluding carboxylic acids is 1. The number of halogens is 1. The number of methoxy groups -OCH3 is 1. The fourth-order valence-corrected chi connectivity index (χ4v) is 5.23. The van der Waals surface area contributed by atoms with Crippen LogP contribution in [0.3, 0.4) is 0 Å². The van der Waals surface area contributed by atoms with Gasteiger partial charge in [-0.15, -0.1) is 0 Å². The number of anilines is 2. The number of aromatic nitrogens is 1. The minimum absolute atomic E-state index is 0.0924. The van der Waals surface area contributed by atoms with Crippen LogP contribution in [0.5, 0.6) is 5.75 Å². The Morgan fingerprint density at radius 2 is 1.90 bits per heavy atom. The Bertz CT molecular complexity index is 1670. The summed E-state index contributed by atoms with van der Waals surface area (Å²) in [6, 6.07) is 18.2. The number of furan rings is 1. The predicted molar refractivity (Wildman–Crippen MR) is 165 cm³/mol. The number of amides is 1. The quantitative estimate of drug-likeness (QED) is 0.194. The maximum absolute atomic E-state index is 12.7. The number of carboxylic acids is 1. The number of carboxylic acid groups (broad SMARTS) is 1. The van der Waals surface area contributed by atoms with E-state index in [1.54, 1.807) is 24.4 Å². The zero-order chi connectivity index (χ0) is 30.2. The third kappa shape index (κ3) is 5.68. The first-order chi connectivity index (χ1) is 20.0. The van der Waals surface area contributed by atoms with E-state index in [1.165, 1.54) is 25.3 Å². The summed E-state index contributed by atoms with van der Waals surface area (Å²) >= 11 is 12.3. The van der Waals surface area contributed by atoms with Crippen molar-refractivity contribution in [3.05, 3.63) is 95.0 Å². The van der Waals surface area contributed by atoms with E-state index >= 15 is 0 Å². The summed E-state index contributed by atoms with van der Waals surface area (Å²) in [5.41, 5.74) is 1.94.